The van der Waals surface area contributed by atoms with Crippen LogP contribution < -0.4 is 0 Å². The van der Waals surface area contributed by atoms with Crippen LogP contribution in [-0.4, -0.2) is 16.4 Å². The molecular weight excluding hydrogens is 267 g/mol. The first-order valence-corrected chi connectivity index (χ1v) is 5.69. The minimum Gasteiger partial charge on any atom is -0.481 e. The molecule has 2 nitrogen and oxygen atoms in total. The Morgan fingerprint density at radius 2 is 2.00 bits per heavy atom. The summed E-state index contributed by atoms with van der Waals surface area (Å²) in [4.78, 5) is 10.9. The third kappa shape index (κ3) is 3.00. The van der Waals surface area contributed by atoms with E-state index in [1.807, 2.05) is 0 Å². The summed E-state index contributed by atoms with van der Waals surface area (Å²) >= 11 is 8.96. The van der Waals surface area contributed by atoms with E-state index in [9.17, 15) is 4.79 Å². The van der Waals surface area contributed by atoms with Crippen LogP contribution in [-0.2, 0) is 4.79 Å². The van der Waals surface area contributed by atoms with E-state index in [0.29, 0.717) is 16.8 Å². The monoisotopic (exact) mass is 276 g/mol. The molecule has 1 aromatic rings. The third-order valence-corrected chi connectivity index (χ3v) is 2.68. The maximum atomic E-state index is 10.9. The van der Waals surface area contributed by atoms with Crippen LogP contribution in [0.25, 0.3) is 0 Å². The maximum Gasteiger partial charge on any atom is 0.311 e. The summed E-state index contributed by atoms with van der Waals surface area (Å²) in [5.74, 6) is -1.25. The fourth-order valence-corrected chi connectivity index (χ4v) is 1.82. The molecule has 0 saturated carbocycles. The number of carboxylic acids is 1. The summed E-state index contributed by atoms with van der Waals surface area (Å²) in [7, 11) is 0. The van der Waals surface area contributed by atoms with Gasteiger partial charge in [0.25, 0.3) is 0 Å². The van der Waals surface area contributed by atoms with Gasteiger partial charge in [-0.15, -0.1) is 0 Å². The first kappa shape index (κ1) is 11.5. The van der Waals surface area contributed by atoms with Crippen molar-refractivity contribution in [2.24, 2.45) is 0 Å². The van der Waals surface area contributed by atoms with Gasteiger partial charge in [0.15, 0.2) is 0 Å². The van der Waals surface area contributed by atoms with Crippen molar-refractivity contribution in [2.75, 3.05) is 5.33 Å². The van der Waals surface area contributed by atoms with Crippen LogP contribution in [0.5, 0.6) is 0 Å². The van der Waals surface area contributed by atoms with Crippen molar-refractivity contribution in [3.8, 4) is 0 Å². The van der Waals surface area contributed by atoms with Gasteiger partial charge in [0, 0.05) is 10.4 Å². The number of aliphatic carboxylic acids is 1. The highest BCUT2D eigenvalue weighted by Gasteiger charge is 2.18. The number of alkyl halides is 1. The van der Waals surface area contributed by atoms with Gasteiger partial charge in [-0.1, -0.05) is 39.7 Å². The zero-order chi connectivity index (χ0) is 10.6. The number of carbonyl (C=O) groups is 1. The van der Waals surface area contributed by atoms with Gasteiger partial charge in [0.2, 0.25) is 0 Å². The fourth-order valence-electron chi connectivity index (χ4n) is 1.24. The van der Waals surface area contributed by atoms with Gasteiger partial charge < -0.3 is 5.11 Å². The van der Waals surface area contributed by atoms with Gasteiger partial charge >= 0.3 is 5.97 Å². The average Bonchev–Trinajstić information content (AvgIpc) is 2.15. The van der Waals surface area contributed by atoms with E-state index in [1.165, 1.54) is 0 Å². The van der Waals surface area contributed by atoms with Crippen LogP contribution in [0.3, 0.4) is 0 Å². The maximum absolute atomic E-state index is 10.9. The average molecular weight is 278 g/mol. The van der Waals surface area contributed by atoms with Gasteiger partial charge in [-0.3, -0.25) is 4.79 Å². The SMILES string of the molecule is O=C(O)C(CCBr)c1ccc(Cl)cc1. The number of rotatable bonds is 4. The smallest absolute Gasteiger partial charge is 0.311 e. The van der Waals surface area contributed by atoms with Crippen LogP contribution in [0.15, 0.2) is 24.3 Å². The van der Waals surface area contributed by atoms with Gasteiger partial charge in [-0.25, -0.2) is 0 Å². The molecule has 1 N–H and O–H groups in total. The van der Waals surface area contributed by atoms with Gasteiger partial charge in [0.05, 0.1) is 5.92 Å². The molecule has 1 unspecified atom stereocenters. The Balaban J connectivity index is 2.87. The molecule has 0 aliphatic rings. The lowest BCUT2D eigenvalue weighted by atomic mass is 9.97. The summed E-state index contributed by atoms with van der Waals surface area (Å²) in [6.07, 6.45) is 0.580. The first-order valence-electron chi connectivity index (χ1n) is 4.19. The van der Waals surface area contributed by atoms with E-state index < -0.39 is 11.9 Å². The van der Waals surface area contributed by atoms with Gasteiger partial charge in [-0.05, 0) is 24.1 Å². The summed E-state index contributed by atoms with van der Waals surface area (Å²) in [5, 5.41) is 10.3. The standard InChI is InChI=1S/C10H10BrClO2/c11-6-5-9(10(13)14)7-1-3-8(12)4-2-7/h1-4,9H,5-6H2,(H,13,14). The second-order valence-corrected chi connectivity index (χ2v) is 4.15. The Morgan fingerprint density at radius 3 is 2.43 bits per heavy atom. The molecule has 0 amide bonds. The van der Waals surface area contributed by atoms with Gasteiger partial charge in [-0.2, -0.15) is 0 Å². The van der Waals surface area contributed by atoms with Gasteiger partial charge in [0.1, 0.15) is 0 Å². The minimum absolute atomic E-state index is 0.452. The number of hydrogen-bond acceptors (Lipinski definition) is 1. The molecule has 1 atom stereocenters. The minimum atomic E-state index is -0.799. The summed E-state index contributed by atoms with van der Waals surface area (Å²) in [5.41, 5.74) is 0.793. The molecule has 0 saturated heterocycles. The molecule has 0 radical (unpaired) electrons. The Kier molecular flexibility index (Phi) is 4.42. The highest BCUT2D eigenvalue weighted by atomic mass is 79.9. The van der Waals surface area contributed by atoms with E-state index in [0.717, 1.165) is 5.56 Å². The predicted octanol–water partition coefficient (Wildman–Crippen LogP) is 3.29. The molecule has 0 heterocycles. The summed E-state index contributed by atoms with van der Waals surface area (Å²) in [6, 6.07) is 6.93. The van der Waals surface area contributed by atoms with Crippen molar-refractivity contribution in [1.29, 1.82) is 0 Å². The van der Waals surface area contributed by atoms with Crippen LogP contribution in [0, 0.1) is 0 Å². The van der Waals surface area contributed by atoms with Crippen LogP contribution in [0.1, 0.15) is 17.9 Å². The van der Waals surface area contributed by atoms with Crippen LogP contribution in [0.2, 0.25) is 5.02 Å². The van der Waals surface area contributed by atoms with Crippen LogP contribution >= 0.6 is 27.5 Å². The number of benzene rings is 1. The van der Waals surface area contributed by atoms with Crippen LogP contribution in [0.4, 0.5) is 0 Å². The molecule has 1 aromatic carbocycles. The van der Waals surface area contributed by atoms with Crippen molar-refractivity contribution >= 4 is 33.5 Å². The van der Waals surface area contributed by atoms with E-state index in [1.54, 1.807) is 24.3 Å². The van der Waals surface area contributed by atoms with Crippen molar-refractivity contribution in [3.63, 3.8) is 0 Å². The fraction of sp³-hybridized carbons (Fsp3) is 0.300. The second-order valence-electron chi connectivity index (χ2n) is 2.92. The molecule has 14 heavy (non-hydrogen) atoms. The number of halogens is 2. The molecule has 0 aliphatic heterocycles. The molecule has 0 spiro atoms. The summed E-state index contributed by atoms with van der Waals surface area (Å²) in [6.45, 7) is 0. The lowest BCUT2D eigenvalue weighted by Gasteiger charge is -2.10. The Labute approximate surface area is 96.0 Å². The highest BCUT2D eigenvalue weighted by molar-refractivity contribution is 9.09. The Bertz CT molecular complexity index is 310. The third-order valence-electron chi connectivity index (χ3n) is 1.97. The molecular formula is C10H10BrClO2. The lowest BCUT2D eigenvalue weighted by molar-refractivity contribution is -0.138. The second kappa shape index (κ2) is 5.37. The molecule has 1 rings (SSSR count). The topological polar surface area (TPSA) is 37.3 Å². The predicted molar refractivity (Wildman–Crippen MR) is 60.2 cm³/mol. The Hall–Kier alpha value is -0.540. The quantitative estimate of drug-likeness (QED) is 0.858. The van der Waals surface area contributed by atoms with E-state index in [2.05, 4.69) is 15.9 Å². The number of hydrogen-bond donors (Lipinski definition) is 1. The highest BCUT2D eigenvalue weighted by Crippen LogP contribution is 2.22. The lowest BCUT2D eigenvalue weighted by Crippen LogP contribution is -2.11. The molecule has 0 bridgehead atoms. The molecule has 76 valence electrons. The normalized spacial score (nSPS) is 12.4. The molecule has 0 aromatic heterocycles. The zero-order valence-corrected chi connectivity index (χ0v) is 9.75. The summed E-state index contributed by atoms with van der Waals surface area (Å²) < 4.78 is 0. The van der Waals surface area contributed by atoms with E-state index >= 15 is 0 Å². The van der Waals surface area contributed by atoms with E-state index in [4.69, 9.17) is 16.7 Å². The first-order chi connectivity index (χ1) is 6.65. The van der Waals surface area contributed by atoms with Crippen molar-refractivity contribution < 1.29 is 9.90 Å². The van der Waals surface area contributed by atoms with Crippen molar-refractivity contribution in [3.05, 3.63) is 34.9 Å². The number of carboxylic acid groups (broad SMARTS) is 1. The molecule has 4 heteroatoms. The van der Waals surface area contributed by atoms with E-state index in [-0.39, 0.29) is 0 Å². The molecule has 0 aliphatic carbocycles. The zero-order valence-electron chi connectivity index (χ0n) is 7.41. The Morgan fingerprint density at radius 1 is 1.43 bits per heavy atom. The largest absolute Gasteiger partial charge is 0.481 e. The molecule has 0 fully saturated rings. The van der Waals surface area contributed by atoms with Crippen molar-refractivity contribution in [1.82, 2.24) is 0 Å². The van der Waals surface area contributed by atoms with Crippen molar-refractivity contribution in [2.45, 2.75) is 12.3 Å².